The van der Waals surface area contributed by atoms with Crippen LogP contribution in [0.5, 0.6) is 0 Å². The second-order valence-electron chi connectivity index (χ2n) is 15.4. The highest BCUT2D eigenvalue weighted by molar-refractivity contribution is 5.86. The molecule has 2 bridgehead atoms. The zero-order valence-corrected chi connectivity index (χ0v) is 40.3. The predicted molar refractivity (Wildman–Crippen MR) is 282 cm³/mol. The van der Waals surface area contributed by atoms with Crippen LogP contribution in [0.4, 0.5) is 11.5 Å². The van der Waals surface area contributed by atoms with E-state index in [-0.39, 0.29) is 12.0 Å². The number of aromatic nitrogens is 2. The minimum Gasteiger partial charge on any atom is -0.340 e. The van der Waals surface area contributed by atoms with Crippen LogP contribution in [0.25, 0.3) is 28.7 Å². The zero-order valence-electron chi connectivity index (χ0n) is 40.3. The lowest BCUT2D eigenvalue weighted by Gasteiger charge is -2.38. The van der Waals surface area contributed by atoms with Gasteiger partial charge in [0.1, 0.15) is 5.82 Å². The highest BCUT2D eigenvalue weighted by Crippen LogP contribution is 2.38. The molecule has 0 radical (unpaired) electrons. The van der Waals surface area contributed by atoms with E-state index in [9.17, 15) is 0 Å². The Balaban J connectivity index is 0.00000144. The van der Waals surface area contributed by atoms with E-state index in [0.29, 0.717) is 5.92 Å². The fourth-order valence-corrected chi connectivity index (χ4v) is 8.57. The number of nitrogens with zero attached hydrogens (tertiary/aromatic N) is 3. The van der Waals surface area contributed by atoms with Crippen molar-refractivity contribution in [2.45, 2.75) is 119 Å². The number of hydrogen-bond acceptors (Lipinski definition) is 3. The van der Waals surface area contributed by atoms with Crippen molar-refractivity contribution in [3.63, 3.8) is 0 Å². The summed E-state index contributed by atoms with van der Waals surface area (Å²) in [6.45, 7) is 19.1. The number of rotatable bonds is 15. The molecule has 4 aromatic rings. The normalized spacial score (nSPS) is 17.2. The quantitative estimate of drug-likeness (QED) is 0.0735. The summed E-state index contributed by atoms with van der Waals surface area (Å²) >= 11 is 0. The molecule has 2 aromatic carbocycles. The second kappa shape index (κ2) is 27.0. The summed E-state index contributed by atoms with van der Waals surface area (Å²) in [5.74, 6) is 1.35. The summed E-state index contributed by atoms with van der Waals surface area (Å²) in [5.41, 5.74) is 9.74. The van der Waals surface area contributed by atoms with Gasteiger partial charge >= 0.3 is 0 Å². The molecule has 2 aliphatic carbocycles. The zero-order chi connectivity index (χ0) is 46.3. The number of nitrogens with one attached hydrogen (secondary N) is 1. The minimum absolute atomic E-state index is 0.159. The van der Waals surface area contributed by atoms with E-state index < -0.39 is 0 Å². The van der Waals surface area contributed by atoms with Crippen molar-refractivity contribution < 1.29 is 0 Å². The Bertz CT molecular complexity index is 2540. The summed E-state index contributed by atoms with van der Waals surface area (Å²) in [4.78, 5) is 7.82. The monoisotopic (exact) mass is 851 g/mol. The van der Waals surface area contributed by atoms with Crippen LogP contribution in [0.2, 0.25) is 0 Å². The maximum absolute atomic E-state index is 5.27. The summed E-state index contributed by atoms with van der Waals surface area (Å²) in [7, 11) is 0. The largest absolute Gasteiger partial charge is 0.340 e. The third-order valence-corrected chi connectivity index (χ3v) is 11.4. The van der Waals surface area contributed by atoms with Crippen LogP contribution in [0.15, 0.2) is 169 Å². The van der Waals surface area contributed by atoms with E-state index in [0.717, 1.165) is 67.8 Å². The van der Waals surface area contributed by atoms with E-state index in [2.05, 4.69) is 226 Å². The summed E-state index contributed by atoms with van der Waals surface area (Å²) in [6.07, 6.45) is 53.6. The van der Waals surface area contributed by atoms with E-state index in [1.807, 2.05) is 27.7 Å². The molecule has 0 saturated carbocycles. The van der Waals surface area contributed by atoms with Crippen LogP contribution in [0.3, 0.4) is 0 Å². The molecule has 3 heterocycles. The number of terminal acetylenes is 1. The summed E-state index contributed by atoms with van der Waals surface area (Å²) in [6, 6.07) is 22.4. The molecular formula is C60H74N4. The lowest BCUT2D eigenvalue weighted by Crippen LogP contribution is -2.33. The van der Waals surface area contributed by atoms with E-state index in [1.165, 1.54) is 44.0 Å². The molecule has 2 aromatic heterocycles. The molecule has 0 saturated heterocycles. The molecule has 64 heavy (non-hydrogen) atoms. The van der Waals surface area contributed by atoms with Gasteiger partial charge in [0.05, 0.1) is 16.6 Å². The van der Waals surface area contributed by atoms with Crippen molar-refractivity contribution in [2.24, 2.45) is 5.92 Å². The van der Waals surface area contributed by atoms with Crippen molar-refractivity contribution in [1.82, 2.24) is 14.5 Å². The first-order valence-corrected chi connectivity index (χ1v) is 23.9. The number of pyridine rings is 1. The van der Waals surface area contributed by atoms with Gasteiger partial charge in [-0.25, -0.2) is 4.98 Å². The number of anilines is 2. The SMILES string of the molecule is C#C.C/C=C\C/C=C\Cc1cc(-n2c3c(c4ccccc42)=CC2=CC(C=3)C(CC)=C(/C=C\CC)N2C(C)/C=C\C=C/CC)cc(Nc2ccccc2C2C=CC=CCC2)n1.CC.CC. The molecular weight excluding hydrogens is 777 g/mol. The molecule has 0 amide bonds. The van der Waals surface area contributed by atoms with Gasteiger partial charge in [0.2, 0.25) is 0 Å². The first kappa shape index (κ1) is 50.3. The van der Waals surface area contributed by atoms with Gasteiger partial charge in [0, 0.05) is 63.7 Å². The number of para-hydroxylation sites is 2. The summed E-state index contributed by atoms with van der Waals surface area (Å²) < 4.78 is 2.49. The second-order valence-corrected chi connectivity index (χ2v) is 15.4. The number of benzene rings is 2. The van der Waals surface area contributed by atoms with Gasteiger partial charge in [0.15, 0.2) is 0 Å². The third kappa shape index (κ3) is 12.4. The molecule has 334 valence electrons. The first-order valence-electron chi connectivity index (χ1n) is 23.9. The van der Waals surface area contributed by atoms with Crippen molar-refractivity contribution in [1.29, 1.82) is 0 Å². The Labute approximate surface area is 387 Å². The Kier molecular flexibility index (Phi) is 21.2. The maximum atomic E-state index is 5.27. The predicted octanol–water partition coefficient (Wildman–Crippen LogP) is 15.1. The number of fused-ring (bicyclic) bond motifs is 4. The van der Waals surface area contributed by atoms with E-state index >= 15 is 0 Å². The Morgan fingerprint density at radius 1 is 0.859 bits per heavy atom. The molecule has 4 nitrogen and oxygen atoms in total. The minimum atomic E-state index is 0.159. The summed E-state index contributed by atoms with van der Waals surface area (Å²) in [5, 5.41) is 7.56. The number of hydrogen-bond donors (Lipinski definition) is 1. The fourth-order valence-electron chi connectivity index (χ4n) is 8.57. The highest BCUT2D eigenvalue weighted by Gasteiger charge is 2.29. The maximum Gasteiger partial charge on any atom is 0.132 e. The Morgan fingerprint density at radius 2 is 1.62 bits per heavy atom. The lowest BCUT2D eigenvalue weighted by molar-refractivity contribution is 0.391. The van der Waals surface area contributed by atoms with Crippen molar-refractivity contribution in [3.8, 4) is 18.5 Å². The standard InChI is InChI=1S/C54H60N4.2C2H6.C2H2/c1-6-10-13-15-21-29-43-37-45(39-54(55-43)56-50-32-24-22-30-47(50)41-27-19-16-17-20-28-41)58-52-34-25-23-31-48(52)49-38-44-35-42(36-53(49)58)46(9-4)51(33-12-8-3)57(44)40(5)26-18-14-11-7-2;3*1-2/h6,10-12,14-19,21-27,30-42H,7-9,13,20,28-29H2,1-5H3,(H,55,56);2*1-2H3;1-2H/b10-6-,14-11-,21-15-,26-18-,33-12-;;;. The van der Waals surface area contributed by atoms with Gasteiger partial charge in [-0.05, 0) is 106 Å². The van der Waals surface area contributed by atoms with Gasteiger partial charge in [-0.2, -0.15) is 0 Å². The molecule has 4 heteroatoms. The van der Waals surface area contributed by atoms with E-state index in [1.54, 1.807) is 0 Å². The van der Waals surface area contributed by atoms with Crippen LogP contribution >= 0.6 is 0 Å². The average Bonchev–Trinajstić information content (AvgIpc) is 3.50. The molecule has 0 spiro atoms. The fraction of sp³-hybridized carbons (Fsp3) is 0.317. The molecule has 1 aliphatic heterocycles. The molecule has 7 rings (SSSR count). The lowest BCUT2D eigenvalue weighted by atomic mass is 9.88. The van der Waals surface area contributed by atoms with Crippen LogP contribution in [0, 0.1) is 18.8 Å². The van der Waals surface area contributed by atoms with Crippen molar-refractivity contribution in [2.75, 3.05) is 5.32 Å². The number of allylic oxidation sites excluding steroid dienone is 16. The first-order chi connectivity index (χ1) is 31.5. The Morgan fingerprint density at radius 3 is 2.39 bits per heavy atom. The van der Waals surface area contributed by atoms with Crippen LogP contribution in [-0.2, 0) is 6.42 Å². The molecule has 3 aliphatic rings. The van der Waals surface area contributed by atoms with Crippen LogP contribution in [-0.4, -0.2) is 20.5 Å². The van der Waals surface area contributed by atoms with Crippen LogP contribution < -0.4 is 15.9 Å². The topological polar surface area (TPSA) is 33.1 Å². The van der Waals surface area contributed by atoms with Gasteiger partial charge < -0.3 is 14.8 Å². The van der Waals surface area contributed by atoms with Crippen molar-refractivity contribution >= 4 is 34.6 Å². The molecule has 3 unspecified atom stereocenters. The van der Waals surface area contributed by atoms with Crippen molar-refractivity contribution in [3.05, 3.63) is 191 Å². The van der Waals surface area contributed by atoms with Gasteiger partial charge in [-0.15, -0.1) is 12.8 Å². The molecule has 1 N–H and O–H groups in total. The molecule has 3 atom stereocenters. The third-order valence-electron chi connectivity index (χ3n) is 11.4. The van der Waals surface area contributed by atoms with Gasteiger partial charge in [-0.3, -0.25) is 0 Å². The smallest absolute Gasteiger partial charge is 0.132 e. The average molecular weight is 851 g/mol. The highest BCUT2D eigenvalue weighted by atomic mass is 15.2. The van der Waals surface area contributed by atoms with Gasteiger partial charge in [-0.1, -0.05) is 164 Å². The van der Waals surface area contributed by atoms with E-state index in [4.69, 9.17) is 4.98 Å². The van der Waals surface area contributed by atoms with Gasteiger partial charge in [0.25, 0.3) is 0 Å². The molecule has 0 fully saturated rings. The van der Waals surface area contributed by atoms with Crippen LogP contribution in [0.1, 0.15) is 118 Å². The Hall–Kier alpha value is -6.31.